The highest BCUT2D eigenvalue weighted by atomic mass is 35.5. The lowest BCUT2D eigenvalue weighted by atomic mass is 10.2. The molecule has 4 nitrogen and oxygen atoms in total. The van der Waals surface area contributed by atoms with Crippen LogP contribution in [-0.4, -0.2) is 21.1 Å². The number of amides is 1. The van der Waals surface area contributed by atoms with Crippen molar-refractivity contribution in [2.24, 2.45) is 0 Å². The molecule has 1 N–H and O–H groups in total. The maximum atomic E-state index is 11.0. The first kappa shape index (κ1) is 12.3. The Kier molecular flexibility index (Phi) is 3.93. The van der Waals surface area contributed by atoms with E-state index in [1.807, 2.05) is 12.1 Å². The second kappa shape index (κ2) is 5.44. The number of hydrogen-bond donors (Lipinski definition) is 1. The number of benzene rings is 1. The average Bonchev–Trinajstić information content (AvgIpc) is 2.78. The van der Waals surface area contributed by atoms with E-state index in [1.165, 1.54) is 11.5 Å². The van der Waals surface area contributed by atoms with Crippen LogP contribution in [0.15, 0.2) is 24.3 Å². The minimum Gasteiger partial charge on any atom is -0.293 e. The van der Waals surface area contributed by atoms with Crippen molar-refractivity contribution in [3.63, 3.8) is 0 Å². The van der Waals surface area contributed by atoms with Gasteiger partial charge in [-0.3, -0.25) is 10.1 Å². The SMILES string of the molecule is O=C(CCl)Nc1nsc(-c2ccc(Cl)cc2)n1. The third kappa shape index (κ3) is 3.15. The number of carbonyl (C=O) groups excluding carboxylic acids is 1. The van der Waals surface area contributed by atoms with Crippen molar-refractivity contribution < 1.29 is 4.79 Å². The fourth-order valence-corrected chi connectivity index (χ4v) is 1.96. The van der Waals surface area contributed by atoms with Gasteiger partial charge in [-0.25, -0.2) is 0 Å². The molecular weight excluding hydrogens is 281 g/mol. The number of halogens is 2. The number of rotatable bonds is 3. The molecule has 0 fully saturated rings. The normalized spacial score (nSPS) is 10.2. The predicted molar refractivity (Wildman–Crippen MR) is 69.7 cm³/mol. The van der Waals surface area contributed by atoms with E-state index < -0.39 is 0 Å². The van der Waals surface area contributed by atoms with E-state index in [1.54, 1.807) is 12.1 Å². The van der Waals surface area contributed by atoms with Crippen LogP contribution in [0.25, 0.3) is 10.6 Å². The molecule has 0 unspecified atom stereocenters. The zero-order valence-corrected chi connectivity index (χ0v) is 10.8. The van der Waals surface area contributed by atoms with Crippen molar-refractivity contribution in [2.75, 3.05) is 11.2 Å². The molecule has 0 saturated heterocycles. The summed E-state index contributed by atoms with van der Waals surface area (Å²) in [7, 11) is 0. The Hall–Kier alpha value is -1.17. The summed E-state index contributed by atoms with van der Waals surface area (Å²) in [6.07, 6.45) is 0. The van der Waals surface area contributed by atoms with E-state index in [2.05, 4.69) is 14.7 Å². The molecule has 1 aromatic heterocycles. The topological polar surface area (TPSA) is 54.9 Å². The second-order valence-electron chi connectivity index (χ2n) is 3.11. The molecule has 2 aromatic rings. The van der Waals surface area contributed by atoms with Gasteiger partial charge in [0, 0.05) is 10.6 Å². The summed E-state index contributed by atoms with van der Waals surface area (Å²) in [4.78, 5) is 15.2. The van der Waals surface area contributed by atoms with E-state index in [0.29, 0.717) is 10.0 Å². The Morgan fingerprint density at radius 2 is 2.06 bits per heavy atom. The molecule has 17 heavy (non-hydrogen) atoms. The number of aromatic nitrogens is 2. The van der Waals surface area contributed by atoms with Crippen LogP contribution in [0, 0.1) is 0 Å². The number of carbonyl (C=O) groups is 1. The van der Waals surface area contributed by atoms with Gasteiger partial charge in [0.05, 0.1) is 0 Å². The molecule has 0 spiro atoms. The number of nitrogens with zero attached hydrogens (tertiary/aromatic N) is 2. The maximum absolute atomic E-state index is 11.0. The lowest BCUT2D eigenvalue weighted by Crippen LogP contribution is -2.13. The minimum atomic E-state index is -0.327. The van der Waals surface area contributed by atoms with Crippen LogP contribution >= 0.6 is 34.7 Å². The van der Waals surface area contributed by atoms with Crippen molar-refractivity contribution in [3.8, 4) is 10.6 Å². The van der Waals surface area contributed by atoms with Crippen molar-refractivity contribution >= 4 is 46.6 Å². The largest absolute Gasteiger partial charge is 0.293 e. The van der Waals surface area contributed by atoms with Crippen LogP contribution in [0.2, 0.25) is 5.02 Å². The van der Waals surface area contributed by atoms with Crippen molar-refractivity contribution in [1.29, 1.82) is 0 Å². The summed E-state index contributed by atoms with van der Waals surface area (Å²) in [6, 6.07) is 7.23. The maximum Gasteiger partial charge on any atom is 0.241 e. The molecule has 0 bridgehead atoms. The fraction of sp³-hybridized carbons (Fsp3) is 0.100. The summed E-state index contributed by atoms with van der Waals surface area (Å²) in [6.45, 7) is 0. The molecule has 0 saturated carbocycles. The Labute approximate surface area is 112 Å². The smallest absolute Gasteiger partial charge is 0.241 e. The van der Waals surface area contributed by atoms with Crippen LogP contribution in [0.3, 0.4) is 0 Å². The van der Waals surface area contributed by atoms with Crippen LogP contribution < -0.4 is 5.32 Å². The zero-order valence-electron chi connectivity index (χ0n) is 8.48. The first-order valence-corrected chi connectivity index (χ1v) is 6.33. The Balaban J connectivity index is 2.18. The van der Waals surface area contributed by atoms with Gasteiger partial charge in [0.25, 0.3) is 0 Å². The molecule has 0 atom stereocenters. The van der Waals surface area contributed by atoms with Gasteiger partial charge in [0.1, 0.15) is 10.9 Å². The molecule has 2 rings (SSSR count). The third-order valence-corrected chi connectivity index (χ3v) is 3.15. The summed E-state index contributed by atoms with van der Waals surface area (Å²) in [5.74, 6) is -0.173. The molecule has 7 heteroatoms. The summed E-state index contributed by atoms with van der Waals surface area (Å²) >= 11 is 12.4. The quantitative estimate of drug-likeness (QED) is 0.883. The first-order valence-electron chi connectivity index (χ1n) is 4.64. The fourth-order valence-electron chi connectivity index (χ4n) is 1.14. The number of anilines is 1. The predicted octanol–water partition coefficient (Wildman–Crippen LogP) is 3.04. The van der Waals surface area contributed by atoms with Gasteiger partial charge in [-0.2, -0.15) is 9.36 Å². The zero-order chi connectivity index (χ0) is 12.3. The average molecular weight is 288 g/mol. The summed E-state index contributed by atoms with van der Waals surface area (Å²) in [5.41, 5.74) is 0.901. The van der Waals surface area contributed by atoms with Crippen LogP contribution in [0.5, 0.6) is 0 Å². The first-order chi connectivity index (χ1) is 8.19. The van der Waals surface area contributed by atoms with E-state index in [-0.39, 0.29) is 17.7 Å². The van der Waals surface area contributed by atoms with E-state index >= 15 is 0 Å². The number of hydrogen-bond acceptors (Lipinski definition) is 4. The Morgan fingerprint density at radius 3 is 2.71 bits per heavy atom. The van der Waals surface area contributed by atoms with Crippen molar-refractivity contribution in [1.82, 2.24) is 9.36 Å². The van der Waals surface area contributed by atoms with Gasteiger partial charge in [-0.1, -0.05) is 23.7 Å². The molecule has 0 aliphatic carbocycles. The molecule has 88 valence electrons. The number of nitrogens with one attached hydrogen (secondary N) is 1. The van der Waals surface area contributed by atoms with Gasteiger partial charge in [0.15, 0.2) is 0 Å². The van der Waals surface area contributed by atoms with Crippen LogP contribution in [0.4, 0.5) is 5.95 Å². The highest BCUT2D eigenvalue weighted by molar-refractivity contribution is 7.09. The minimum absolute atomic E-state index is 0.116. The van der Waals surface area contributed by atoms with E-state index in [0.717, 1.165) is 5.56 Å². The summed E-state index contributed by atoms with van der Waals surface area (Å²) in [5, 5.41) is 3.86. The molecule has 0 aliphatic rings. The standard InChI is InChI=1S/C10H7Cl2N3OS/c11-5-8(16)13-10-14-9(17-15-10)6-1-3-7(12)4-2-6/h1-4H,5H2,(H,13,15,16). The highest BCUT2D eigenvalue weighted by Gasteiger charge is 2.08. The van der Waals surface area contributed by atoms with E-state index in [4.69, 9.17) is 23.2 Å². The van der Waals surface area contributed by atoms with Gasteiger partial charge < -0.3 is 0 Å². The van der Waals surface area contributed by atoms with Crippen LogP contribution in [-0.2, 0) is 4.79 Å². The summed E-state index contributed by atoms with van der Waals surface area (Å²) < 4.78 is 4.01. The Morgan fingerprint density at radius 1 is 1.35 bits per heavy atom. The van der Waals surface area contributed by atoms with Crippen molar-refractivity contribution in [2.45, 2.75) is 0 Å². The number of alkyl halides is 1. The molecule has 0 radical (unpaired) electrons. The second-order valence-corrected chi connectivity index (χ2v) is 4.57. The van der Waals surface area contributed by atoms with Gasteiger partial charge >= 0.3 is 0 Å². The highest BCUT2D eigenvalue weighted by Crippen LogP contribution is 2.24. The lowest BCUT2D eigenvalue weighted by molar-refractivity contribution is -0.114. The van der Waals surface area contributed by atoms with Crippen molar-refractivity contribution in [3.05, 3.63) is 29.3 Å². The van der Waals surface area contributed by atoms with Gasteiger partial charge in [-0.15, -0.1) is 11.6 Å². The lowest BCUT2D eigenvalue weighted by Gasteiger charge is -1.96. The monoisotopic (exact) mass is 287 g/mol. The Bertz CT molecular complexity index is 527. The van der Waals surface area contributed by atoms with Crippen LogP contribution in [0.1, 0.15) is 0 Å². The van der Waals surface area contributed by atoms with Gasteiger partial charge in [0.2, 0.25) is 11.9 Å². The molecule has 0 aliphatic heterocycles. The molecule has 1 amide bonds. The van der Waals surface area contributed by atoms with E-state index in [9.17, 15) is 4.79 Å². The molecular formula is C10H7Cl2N3OS. The third-order valence-electron chi connectivity index (χ3n) is 1.89. The van der Waals surface area contributed by atoms with Gasteiger partial charge in [-0.05, 0) is 23.7 Å². The molecule has 1 heterocycles. The molecule has 1 aromatic carbocycles.